The van der Waals surface area contributed by atoms with Gasteiger partial charge in [-0.05, 0) is 36.4 Å². The normalized spacial score (nSPS) is 11.4. The van der Waals surface area contributed by atoms with Crippen LogP contribution in [-0.4, -0.2) is 27.6 Å². The maximum Gasteiger partial charge on any atom is 0.273 e. The summed E-state index contributed by atoms with van der Waals surface area (Å²) in [7, 11) is 1.93. The second-order valence-electron chi connectivity index (χ2n) is 6.25. The Morgan fingerprint density at radius 2 is 1.77 bits per heavy atom. The topological polar surface area (TPSA) is 104 Å². The third-order valence-electron chi connectivity index (χ3n) is 4.12. The van der Waals surface area contributed by atoms with Gasteiger partial charge in [0.2, 0.25) is 0 Å². The number of hydrogen-bond donors (Lipinski definition) is 2. The van der Waals surface area contributed by atoms with Crippen LogP contribution in [0.4, 0.5) is 20.2 Å². The van der Waals surface area contributed by atoms with Gasteiger partial charge in [0.1, 0.15) is 28.2 Å². The van der Waals surface area contributed by atoms with E-state index in [1.165, 1.54) is 16.9 Å². The lowest BCUT2D eigenvalue weighted by atomic mass is 10.0. The fourth-order valence-electron chi connectivity index (χ4n) is 2.79. The van der Waals surface area contributed by atoms with Gasteiger partial charge in [0.05, 0.1) is 0 Å². The Morgan fingerprint density at radius 3 is 2.40 bits per heavy atom. The third-order valence-corrected chi connectivity index (χ3v) is 4.64. The Kier molecular flexibility index (Phi) is 7.30. The zero-order chi connectivity index (χ0) is 21.1. The largest absolute Gasteiger partial charge is 0.454 e. The molecule has 0 amide bonds. The van der Waals surface area contributed by atoms with Crippen molar-refractivity contribution in [2.24, 2.45) is 7.05 Å². The van der Waals surface area contributed by atoms with Crippen LogP contribution in [-0.2, 0) is 18.0 Å². The van der Waals surface area contributed by atoms with Crippen molar-refractivity contribution >= 4 is 22.4 Å². The summed E-state index contributed by atoms with van der Waals surface area (Å²) in [6.45, 7) is 0. The molecule has 1 aromatic heterocycles. The molecule has 30 heavy (non-hydrogen) atoms. The highest BCUT2D eigenvalue weighted by Gasteiger charge is 2.15. The van der Waals surface area contributed by atoms with E-state index in [4.69, 9.17) is 4.74 Å². The van der Waals surface area contributed by atoms with E-state index in [-0.39, 0.29) is 22.5 Å². The van der Waals surface area contributed by atoms with E-state index < -0.39 is 22.6 Å². The Morgan fingerprint density at radius 1 is 1.07 bits per heavy atom. The molecule has 0 spiro atoms. The molecular weight excluding hydrogens is 416 g/mol. The first-order valence-electron chi connectivity index (χ1n) is 8.54. The van der Waals surface area contributed by atoms with E-state index in [1.807, 2.05) is 0 Å². The van der Waals surface area contributed by atoms with Crippen LogP contribution in [0, 0.1) is 11.6 Å². The maximum atomic E-state index is 14.1. The number of halogens is 2. The Hall–Kier alpha value is -3.24. The molecule has 2 aromatic carbocycles. The number of nitrogens with one attached hydrogen (secondary N) is 2. The quantitative estimate of drug-likeness (QED) is 0.619. The zero-order valence-electron chi connectivity index (χ0n) is 16.5. The molecule has 160 valence electrons. The van der Waals surface area contributed by atoms with E-state index in [0.717, 1.165) is 12.1 Å². The molecule has 0 aliphatic carbocycles. The monoisotopic (exact) mass is 437 g/mol. The highest BCUT2D eigenvalue weighted by Crippen LogP contribution is 2.37. The molecule has 3 rings (SSSR count). The molecule has 0 aliphatic heterocycles. The molecule has 4 N–H and O–H groups in total. The number of aromatic nitrogens is 1. The van der Waals surface area contributed by atoms with Crippen molar-refractivity contribution in [3.63, 3.8) is 0 Å². The summed E-state index contributed by atoms with van der Waals surface area (Å²) in [5.41, 5.74) is 1.83. The SMILES string of the molecule is CNc1cc(-c2cc(NS(C)=O)ccc2Oc2ccc(F)cc2F)cn(C)c1=O.O. The van der Waals surface area contributed by atoms with Crippen molar-refractivity contribution in [2.45, 2.75) is 0 Å². The van der Waals surface area contributed by atoms with Gasteiger partial charge in [0, 0.05) is 49.4 Å². The van der Waals surface area contributed by atoms with E-state index in [9.17, 15) is 17.8 Å². The summed E-state index contributed by atoms with van der Waals surface area (Å²) in [5, 5.41) is 2.84. The number of ether oxygens (including phenoxy) is 1. The number of rotatable bonds is 6. The van der Waals surface area contributed by atoms with Gasteiger partial charge in [-0.15, -0.1) is 0 Å². The molecule has 0 saturated carbocycles. The predicted molar refractivity (Wildman–Crippen MR) is 114 cm³/mol. The van der Waals surface area contributed by atoms with E-state index in [1.54, 1.807) is 44.6 Å². The number of pyridine rings is 1. The van der Waals surface area contributed by atoms with Crippen LogP contribution in [0.25, 0.3) is 11.1 Å². The lowest BCUT2D eigenvalue weighted by molar-refractivity contribution is 0.439. The maximum absolute atomic E-state index is 14.1. The molecule has 0 saturated heterocycles. The van der Waals surface area contributed by atoms with Gasteiger partial charge in [-0.25, -0.2) is 13.0 Å². The van der Waals surface area contributed by atoms with Crippen LogP contribution in [0.15, 0.2) is 53.5 Å². The molecule has 1 atom stereocenters. The van der Waals surface area contributed by atoms with E-state index >= 15 is 0 Å². The Labute approximate surface area is 174 Å². The molecule has 7 nitrogen and oxygen atoms in total. The first kappa shape index (κ1) is 23.0. The minimum atomic E-state index is -1.31. The first-order valence-corrected chi connectivity index (χ1v) is 10.1. The molecule has 0 radical (unpaired) electrons. The molecule has 3 aromatic rings. The van der Waals surface area contributed by atoms with Crippen LogP contribution in [0.2, 0.25) is 0 Å². The molecule has 10 heteroatoms. The van der Waals surface area contributed by atoms with Crippen LogP contribution < -0.4 is 20.3 Å². The van der Waals surface area contributed by atoms with Gasteiger partial charge < -0.3 is 24.8 Å². The number of hydrogen-bond acceptors (Lipinski definition) is 4. The Bertz CT molecular complexity index is 1150. The molecule has 0 fully saturated rings. The fraction of sp³-hybridized carbons (Fsp3) is 0.150. The van der Waals surface area contributed by atoms with Crippen molar-refractivity contribution in [3.05, 3.63) is 70.6 Å². The summed E-state index contributed by atoms with van der Waals surface area (Å²) < 4.78 is 48.7. The smallest absolute Gasteiger partial charge is 0.273 e. The average Bonchev–Trinajstić information content (AvgIpc) is 2.66. The number of benzene rings is 2. The number of nitrogens with zero attached hydrogens (tertiary/aromatic N) is 1. The van der Waals surface area contributed by atoms with Gasteiger partial charge in [0.25, 0.3) is 5.56 Å². The zero-order valence-corrected chi connectivity index (χ0v) is 17.3. The van der Waals surface area contributed by atoms with Gasteiger partial charge in [-0.3, -0.25) is 4.79 Å². The lowest BCUT2D eigenvalue weighted by Crippen LogP contribution is -2.19. The van der Waals surface area contributed by atoms with Crippen molar-refractivity contribution in [1.82, 2.24) is 4.57 Å². The van der Waals surface area contributed by atoms with Crippen LogP contribution in [0.1, 0.15) is 0 Å². The first-order chi connectivity index (χ1) is 13.8. The highest BCUT2D eigenvalue weighted by molar-refractivity contribution is 7.85. The summed E-state index contributed by atoms with van der Waals surface area (Å²) in [5.74, 6) is -1.42. The lowest BCUT2D eigenvalue weighted by Gasteiger charge is -2.15. The minimum absolute atomic E-state index is 0. The summed E-state index contributed by atoms with van der Waals surface area (Å²) in [6, 6.07) is 9.55. The number of anilines is 2. The van der Waals surface area contributed by atoms with E-state index in [2.05, 4.69) is 10.0 Å². The van der Waals surface area contributed by atoms with Crippen molar-refractivity contribution < 1.29 is 23.2 Å². The summed E-state index contributed by atoms with van der Waals surface area (Å²) in [6.07, 6.45) is 3.10. The van der Waals surface area contributed by atoms with Gasteiger partial charge >= 0.3 is 0 Å². The fourth-order valence-corrected chi connectivity index (χ4v) is 3.25. The molecular formula is C20H21F2N3O4S. The van der Waals surface area contributed by atoms with E-state index in [0.29, 0.717) is 22.5 Å². The molecule has 0 bridgehead atoms. The van der Waals surface area contributed by atoms with Crippen LogP contribution >= 0.6 is 0 Å². The molecule has 1 heterocycles. The standard InChI is InChI=1S/C20H19F2N3O3S.H2O/c1-23-17-8-12(11-25(2)20(17)26)15-10-14(24-29(3)27)5-7-18(15)28-19-6-4-13(21)9-16(19)22;/h4-11,23-24H,1-3H3;1H2. The minimum Gasteiger partial charge on any atom is -0.454 e. The van der Waals surface area contributed by atoms with Crippen LogP contribution in [0.3, 0.4) is 0 Å². The van der Waals surface area contributed by atoms with Crippen LogP contribution in [0.5, 0.6) is 11.5 Å². The predicted octanol–water partition coefficient (Wildman–Crippen LogP) is 3.05. The van der Waals surface area contributed by atoms with Gasteiger partial charge in [0.15, 0.2) is 11.6 Å². The third kappa shape index (κ3) is 5.02. The van der Waals surface area contributed by atoms with Crippen molar-refractivity contribution in [3.8, 4) is 22.6 Å². The summed E-state index contributed by atoms with van der Waals surface area (Å²) in [4.78, 5) is 12.2. The highest BCUT2D eigenvalue weighted by atomic mass is 32.2. The van der Waals surface area contributed by atoms with Crippen molar-refractivity contribution in [2.75, 3.05) is 23.3 Å². The second-order valence-corrected chi connectivity index (χ2v) is 7.36. The molecule has 1 unspecified atom stereocenters. The Balaban J connectivity index is 0.00000320. The number of aryl methyl sites for hydroxylation is 1. The second kappa shape index (κ2) is 9.51. The van der Waals surface area contributed by atoms with Gasteiger partial charge in [-0.2, -0.15) is 0 Å². The molecule has 0 aliphatic rings. The van der Waals surface area contributed by atoms with Crippen molar-refractivity contribution in [1.29, 1.82) is 0 Å². The summed E-state index contributed by atoms with van der Waals surface area (Å²) >= 11 is 0. The van der Waals surface area contributed by atoms with Gasteiger partial charge in [-0.1, -0.05) is 0 Å². The average molecular weight is 437 g/mol.